The minimum atomic E-state index is 0. The number of amides is 1. The highest BCUT2D eigenvalue weighted by Crippen LogP contribution is 2.45. The summed E-state index contributed by atoms with van der Waals surface area (Å²) in [5, 5.41) is 0. The maximum Gasteiger partial charge on any atom is 0.227 e. The van der Waals surface area contributed by atoms with Gasteiger partial charge in [-0.1, -0.05) is 58.2 Å². The largest absolute Gasteiger partial charge is 0.308 e. The van der Waals surface area contributed by atoms with Crippen LogP contribution in [0.5, 0.6) is 0 Å². The summed E-state index contributed by atoms with van der Waals surface area (Å²) in [7, 11) is 0. The third-order valence-electron chi connectivity index (χ3n) is 4.80. The number of nitrogens with zero attached hydrogens (tertiary/aromatic N) is 1. The molecule has 0 radical (unpaired) electrons. The van der Waals surface area contributed by atoms with Gasteiger partial charge in [0, 0.05) is 23.6 Å². The van der Waals surface area contributed by atoms with E-state index in [1.54, 1.807) is 0 Å². The SMILES string of the molecule is Br.CCCCCCC(=O)N1c2ccccc2C(C)(C)C1C. The fourth-order valence-corrected chi connectivity index (χ4v) is 3.16. The van der Waals surface area contributed by atoms with E-state index in [0.29, 0.717) is 6.42 Å². The van der Waals surface area contributed by atoms with E-state index in [4.69, 9.17) is 0 Å². The Bertz CT molecular complexity index is 484. The van der Waals surface area contributed by atoms with E-state index in [0.717, 1.165) is 18.5 Å². The van der Waals surface area contributed by atoms with Crippen LogP contribution in [-0.4, -0.2) is 11.9 Å². The summed E-state index contributed by atoms with van der Waals surface area (Å²) in [5.74, 6) is 0.284. The lowest BCUT2D eigenvalue weighted by Gasteiger charge is -2.30. The van der Waals surface area contributed by atoms with Gasteiger partial charge in [0.15, 0.2) is 0 Å². The van der Waals surface area contributed by atoms with Crippen molar-refractivity contribution >= 4 is 28.6 Å². The molecule has 1 amide bonds. The molecule has 0 bridgehead atoms. The molecule has 1 aromatic rings. The molecular weight excluding hydrogens is 326 g/mol. The molecule has 2 nitrogen and oxygen atoms in total. The van der Waals surface area contributed by atoms with Crippen molar-refractivity contribution in [3.63, 3.8) is 0 Å². The summed E-state index contributed by atoms with van der Waals surface area (Å²) in [6.45, 7) is 8.84. The number of rotatable bonds is 5. The van der Waals surface area contributed by atoms with Crippen molar-refractivity contribution in [2.75, 3.05) is 4.90 Å². The molecule has 1 unspecified atom stereocenters. The van der Waals surface area contributed by atoms with Gasteiger partial charge in [-0.05, 0) is 25.0 Å². The van der Waals surface area contributed by atoms with E-state index in [1.165, 1.54) is 18.4 Å². The van der Waals surface area contributed by atoms with Gasteiger partial charge < -0.3 is 4.90 Å². The molecule has 0 fully saturated rings. The fourth-order valence-electron chi connectivity index (χ4n) is 3.16. The first-order chi connectivity index (χ1) is 9.50. The van der Waals surface area contributed by atoms with Crippen LogP contribution in [0.3, 0.4) is 0 Å². The van der Waals surface area contributed by atoms with Gasteiger partial charge in [0.05, 0.1) is 0 Å². The van der Waals surface area contributed by atoms with Crippen molar-refractivity contribution in [2.24, 2.45) is 0 Å². The number of anilines is 1. The van der Waals surface area contributed by atoms with E-state index in [9.17, 15) is 4.79 Å². The lowest BCUT2D eigenvalue weighted by atomic mass is 9.81. The minimum absolute atomic E-state index is 0. The summed E-state index contributed by atoms with van der Waals surface area (Å²) in [6.07, 6.45) is 5.29. The lowest BCUT2D eigenvalue weighted by molar-refractivity contribution is -0.119. The number of hydrogen-bond acceptors (Lipinski definition) is 1. The molecule has 3 heteroatoms. The van der Waals surface area contributed by atoms with Gasteiger partial charge in [-0.2, -0.15) is 0 Å². The smallest absolute Gasteiger partial charge is 0.227 e. The van der Waals surface area contributed by atoms with Gasteiger partial charge in [0.25, 0.3) is 0 Å². The van der Waals surface area contributed by atoms with Crippen molar-refractivity contribution in [3.8, 4) is 0 Å². The van der Waals surface area contributed by atoms with Gasteiger partial charge in [-0.25, -0.2) is 0 Å². The molecule has 118 valence electrons. The van der Waals surface area contributed by atoms with E-state index in [1.807, 2.05) is 11.0 Å². The summed E-state index contributed by atoms with van der Waals surface area (Å²) >= 11 is 0. The third kappa shape index (κ3) is 3.50. The van der Waals surface area contributed by atoms with Gasteiger partial charge in [-0.15, -0.1) is 17.0 Å². The van der Waals surface area contributed by atoms with Crippen LogP contribution in [0.25, 0.3) is 0 Å². The molecule has 21 heavy (non-hydrogen) atoms. The Morgan fingerprint density at radius 2 is 1.86 bits per heavy atom. The fraction of sp³-hybridized carbons (Fsp3) is 0.611. The Balaban J connectivity index is 0.00000220. The van der Waals surface area contributed by atoms with Crippen LogP contribution in [0.4, 0.5) is 5.69 Å². The van der Waals surface area contributed by atoms with Crippen LogP contribution in [0.15, 0.2) is 24.3 Å². The maximum atomic E-state index is 12.6. The molecule has 0 aromatic heterocycles. The summed E-state index contributed by atoms with van der Waals surface area (Å²) in [4.78, 5) is 14.6. The zero-order valence-electron chi connectivity index (χ0n) is 13.7. The van der Waals surface area contributed by atoms with Crippen LogP contribution in [0, 0.1) is 0 Å². The molecule has 1 aromatic carbocycles. The highest BCUT2D eigenvalue weighted by molar-refractivity contribution is 8.93. The van der Waals surface area contributed by atoms with E-state index in [2.05, 4.69) is 45.9 Å². The number of unbranched alkanes of at least 4 members (excludes halogenated alkanes) is 3. The van der Waals surface area contributed by atoms with Crippen molar-refractivity contribution in [1.29, 1.82) is 0 Å². The Morgan fingerprint density at radius 3 is 2.52 bits per heavy atom. The summed E-state index contributed by atoms with van der Waals surface area (Å²) < 4.78 is 0. The highest BCUT2D eigenvalue weighted by Gasteiger charge is 2.43. The van der Waals surface area contributed by atoms with Crippen molar-refractivity contribution in [2.45, 2.75) is 71.3 Å². The van der Waals surface area contributed by atoms with Crippen LogP contribution in [0.2, 0.25) is 0 Å². The molecule has 1 atom stereocenters. The number of halogens is 1. The second-order valence-electron chi connectivity index (χ2n) is 6.49. The number of para-hydroxylation sites is 1. The average Bonchev–Trinajstić information content (AvgIpc) is 2.63. The zero-order chi connectivity index (χ0) is 14.8. The molecule has 0 spiro atoms. The Hall–Kier alpha value is -0.830. The zero-order valence-corrected chi connectivity index (χ0v) is 15.4. The predicted molar refractivity (Wildman–Crippen MR) is 95.5 cm³/mol. The first kappa shape index (κ1) is 18.2. The standard InChI is InChI=1S/C18H27NO.BrH/c1-5-6-7-8-13-17(20)19-14(2)18(3,4)15-11-9-10-12-16(15)19;/h9-12,14H,5-8,13H2,1-4H3;1H. The van der Waals surface area contributed by atoms with Gasteiger partial charge in [0.1, 0.15) is 0 Å². The van der Waals surface area contributed by atoms with E-state index >= 15 is 0 Å². The highest BCUT2D eigenvalue weighted by atomic mass is 79.9. The molecule has 1 aliphatic rings. The summed E-state index contributed by atoms with van der Waals surface area (Å²) in [5.41, 5.74) is 2.45. The number of fused-ring (bicyclic) bond motifs is 1. The molecule has 0 saturated carbocycles. The maximum absolute atomic E-state index is 12.6. The lowest BCUT2D eigenvalue weighted by Crippen LogP contribution is -2.42. The first-order valence-electron chi connectivity index (χ1n) is 7.91. The monoisotopic (exact) mass is 353 g/mol. The van der Waals surface area contributed by atoms with Gasteiger partial charge >= 0.3 is 0 Å². The molecular formula is C18H28BrNO. The van der Waals surface area contributed by atoms with Crippen LogP contribution in [-0.2, 0) is 10.2 Å². The Labute approximate surface area is 139 Å². The average molecular weight is 354 g/mol. The van der Waals surface area contributed by atoms with Crippen LogP contribution >= 0.6 is 17.0 Å². The number of carbonyl (C=O) groups excluding carboxylic acids is 1. The van der Waals surface area contributed by atoms with Crippen LogP contribution in [0.1, 0.15) is 65.4 Å². The van der Waals surface area contributed by atoms with Crippen molar-refractivity contribution in [1.82, 2.24) is 0 Å². The molecule has 1 aliphatic heterocycles. The topological polar surface area (TPSA) is 20.3 Å². The molecule has 0 N–H and O–H groups in total. The van der Waals surface area contributed by atoms with Gasteiger partial charge in [0.2, 0.25) is 5.91 Å². The number of hydrogen-bond donors (Lipinski definition) is 0. The Morgan fingerprint density at radius 1 is 1.19 bits per heavy atom. The third-order valence-corrected chi connectivity index (χ3v) is 4.80. The number of benzene rings is 1. The van der Waals surface area contributed by atoms with Crippen molar-refractivity contribution < 1.29 is 4.79 Å². The first-order valence-corrected chi connectivity index (χ1v) is 7.91. The second kappa shape index (κ2) is 7.44. The predicted octanol–water partition coefficient (Wildman–Crippen LogP) is 5.25. The van der Waals surface area contributed by atoms with E-state index < -0.39 is 0 Å². The quantitative estimate of drug-likeness (QED) is 0.662. The van der Waals surface area contributed by atoms with E-state index in [-0.39, 0.29) is 34.3 Å². The van der Waals surface area contributed by atoms with Crippen LogP contribution < -0.4 is 4.90 Å². The molecule has 0 aliphatic carbocycles. The van der Waals surface area contributed by atoms with Crippen molar-refractivity contribution in [3.05, 3.63) is 29.8 Å². The van der Waals surface area contributed by atoms with Gasteiger partial charge in [-0.3, -0.25) is 4.79 Å². The normalized spacial score (nSPS) is 19.0. The molecule has 0 saturated heterocycles. The Kier molecular flexibility index (Phi) is 6.45. The minimum Gasteiger partial charge on any atom is -0.308 e. The number of carbonyl (C=O) groups is 1. The molecule has 1 heterocycles. The second-order valence-corrected chi connectivity index (χ2v) is 6.49. The summed E-state index contributed by atoms with van der Waals surface area (Å²) in [6, 6.07) is 8.59. The molecule has 2 rings (SSSR count).